The SMILES string of the molecule is C=C1CSC(c2nc3ccccc3s2)=N1. The van der Waals surface area contributed by atoms with Gasteiger partial charge in [-0.3, -0.25) is 0 Å². The van der Waals surface area contributed by atoms with E-state index >= 15 is 0 Å². The fourth-order valence-corrected chi connectivity index (χ4v) is 3.32. The predicted molar refractivity (Wildman–Crippen MR) is 67.8 cm³/mol. The summed E-state index contributed by atoms with van der Waals surface area (Å²) in [5.74, 6) is 0.894. The average molecular weight is 232 g/mol. The summed E-state index contributed by atoms with van der Waals surface area (Å²) in [6, 6.07) is 8.16. The first kappa shape index (κ1) is 9.12. The van der Waals surface area contributed by atoms with E-state index in [1.807, 2.05) is 18.2 Å². The number of hydrogen-bond acceptors (Lipinski definition) is 4. The molecular formula is C11H8N2S2. The van der Waals surface area contributed by atoms with E-state index in [-0.39, 0.29) is 0 Å². The van der Waals surface area contributed by atoms with Crippen molar-refractivity contribution in [3.05, 3.63) is 41.5 Å². The molecule has 0 saturated carbocycles. The van der Waals surface area contributed by atoms with Crippen LogP contribution in [0.25, 0.3) is 10.2 Å². The molecule has 0 fully saturated rings. The molecule has 0 N–H and O–H groups in total. The van der Waals surface area contributed by atoms with Gasteiger partial charge in [0, 0.05) is 11.4 Å². The minimum Gasteiger partial charge on any atom is -0.243 e. The molecule has 3 rings (SSSR count). The molecule has 2 aromatic rings. The summed E-state index contributed by atoms with van der Waals surface area (Å²) in [4.78, 5) is 8.94. The van der Waals surface area contributed by atoms with Gasteiger partial charge in [-0.2, -0.15) is 0 Å². The lowest BCUT2D eigenvalue weighted by Crippen LogP contribution is -1.88. The number of aromatic nitrogens is 1. The van der Waals surface area contributed by atoms with Gasteiger partial charge in [0.2, 0.25) is 0 Å². The van der Waals surface area contributed by atoms with E-state index in [4.69, 9.17) is 0 Å². The molecule has 1 aliphatic heterocycles. The first-order valence-electron chi connectivity index (χ1n) is 4.58. The molecule has 1 aromatic carbocycles. The Morgan fingerprint density at radius 1 is 1.27 bits per heavy atom. The van der Waals surface area contributed by atoms with Gasteiger partial charge in [0.05, 0.1) is 10.2 Å². The van der Waals surface area contributed by atoms with Crippen molar-refractivity contribution in [2.75, 3.05) is 5.75 Å². The van der Waals surface area contributed by atoms with Crippen LogP contribution < -0.4 is 0 Å². The van der Waals surface area contributed by atoms with Crippen molar-refractivity contribution < 1.29 is 0 Å². The lowest BCUT2D eigenvalue weighted by atomic mass is 10.3. The van der Waals surface area contributed by atoms with Crippen molar-refractivity contribution in [2.45, 2.75) is 0 Å². The van der Waals surface area contributed by atoms with E-state index in [0.29, 0.717) is 0 Å². The maximum atomic E-state index is 4.55. The number of thioether (sulfide) groups is 1. The van der Waals surface area contributed by atoms with E-state index in [2.05, 4.69) is 22.6 Å². The van der Waals surface area contributed by atoms with Gasteiger partial charge in [-0.1, -0.05) is 30.5 Å². The molecule has 74 valence electrons. The summed E-state index contributed by atoms with van der Waals surface area (Å²) < 4.78 is 1.22. The number of rotatable bonds is 1. The molecule has 0 aliphatic carbocycles. The second kappa shape index (κ2) is 3.47. The standard InChI is InChI=1S/C11H8N2S2/c1-7-6-14-10(12-7)11-13-8-4-2-3-5-9(8)15-11/h2-5H,1,6H2. The fourth-order valence-electron chi connectivity index (χ4n) is 1.43. The largest absolute Gasteiger partial charge is 0.243 e. The van der Waals surface area contributed by atoms with Gasteiger partial charge in [-0.25, -0.2) is 9.98 Å². The molecule has 4 heteroatoms. The van der Waals surface area contributed by atoms with Crippen molar-refractivity contribution in [1.29, 1.82) is 0 Å². The highest BCUT2D eigenvalue weighted by atomic mass is 32.2. The second-order valence-electron chi connectivity index (χ2n) is 3.26. The molecular weight excluding hydrogens is 224 g/mol. The highest BCUT2D eigenvalue weighted by Gasteiger charge is 2.16. The van der Waals surface area contributed by atoms with Crippen LogP contribution in [-0.2, 0) is 0 Å². The molecule has 0 bridgehead atoms. The second-order valence-corrected chi connectivity index (χ2v) is 5.25. The van der Waals surface area contributed by atoms with Gasteiger partial charge in [-0.05, 0) is 12.1 Å². The van der Waals surface area contributed by atoms with Crippen LogP contribution in [0, 0.1) is 0 Å². The minimum absolute atomic E-state index is 0.894. The van der Waals surface area contributed by atoms with E-state index < -0.39 is 0 Å². The lowest BCUT2D eigenvalue weighted by Gasteiger charge is -1.88. The van der Waals surface area contributed by atoms with Gasteiger partial charge in [0.25, 0.3) is 0 Å². The highest BCUT2D eigenvalue weighted by Crippen LogP contribution is 2.29. The summed E-state index contributed by atoms with van der Waals surface area (Å²) >= 11 is 3.41. The molecule has 0 spiro atoms. The van der Waals surface area contributed by atoms with Crippen LogP contribution in [0.4, 0.5) is 0 Å². The summed E-state index contributed by atoms with van der Waals surface area (Å²) in [5.41, 5.74) is 1.99. The molecule has 0 saturated heterocycles. The Balaban J connectivity index is 2.12. The normalized spacial score (nSPS) is 16.0. The van der Waals surface area contributed by atoms with Crippen molar-refractivity contribution >= 4 is 38.4 Å². The van der Waals surface area contributed by atoms with Crippen LogP contribution in [0.3, 0.4) is 0 Å². The third-order valence-corrected chi connectivity index (χ3v) is 4.32. The summed E-state index contributed by atoms with van der Waals surface area (Å²) in [7, 11) is 0. The van der Waals surface area contributed by atoms with E-state index in [9.17, 15) is 0 Å². The fraction of sp³-hybridized carbons (Fsp3) is 0.0909. The lowest BCUT2D eigenvalue weighted by molar-refractivity contribution is 1.37. The number of fused-ring (bicyclic) bond motifs is 1. The summed E-state index contributed by atoms with van der Waals surface area (Å²) in [5, 5.41) is 2.03. The summed E-state index contributed by atoms with van der Waals surface area (Å²) in [6.07, 6.45) is 0. The maximum Gasteiger partial charge on any atom is 0.149 e. The third kappa shape index (κ3) is 1.60. The third-order valence-electron chi connectivity index (χ3n) is 2.11. The topological polar surface area (TPSA) is 25.2 Å². The first-order chi connectivity index (χ1) is 7.33. The smallest absolute Gasteiger partial charge is 0.149 e. The van der Waals surface area contributed by atoms with Crippen LogP contribution in [0.1, 0.15) is 5.01 Å². The number of hydrogen-bond donors (Lipinski definition) is 0. The quantitative estimate of drug-likeness (QED) is 0.753. The van der Waals surface area contributed by atoms with Crippen LogP contribution in [0.2, 0.25) is 0 Å². The molecule has 2 nitrogen and oxygen atoms in total. The number of nitrogens with zero attached hydrogens (tertiary/aromatic N) is 2. The predicted octanol–water partition coefficient (Wildman–Crippen LogP) is 3.30. The first-order valence-corrected chi connectivity index (χ1v) is 6.38. The van der Waals surface area contributed by atoms with Crippen LogP contribution in [0.15, 0.2) is 41.5 Å². The Hall–Kier alpha value is -1.13. The molecule has 1 aliphatic rings. The highest BCUT2D eigenvalue weighted by molar-refractivity contribution is 8.15. The van der Waals surface area contributed by atoms with Gasteiger partial charge in [0.1, 0.15) is 10.1 Å². The molecule has 0 amide bonds. The Kier molecular flexibility index (Phi) is 2.11. The monoisotopic (exact) mass is 232 g/mol. The van der Waals surface area contributed by atoms with E-state index in [0.717, 1.165) is 27.0 Å². The summed E-state index contributed by atoms with van der Waals surface area (Å²) in [6.45, 7) is 3.85. The molecule has 0 unspecified atom stereocenters. The van der Waals surface area contributed by atoms with Crippen molar-refractivity contribution in [2.24, 2.45) is 4.99 Å². The Morgan fingerprint density at radius 3 is 2.87 bits per heavy atom. The zero-order valence-corrected chi connectivity index (χ0v) is 9.57. The van der Waals surface area contributed by atoms with Crippen molar-refractivity contribution in [3.63, 3.8) is 0 Å². The number of aliphatic imine (C=N–C) groups is 1. The van der Waals surface area contributed by atoms with E-state index in [1.165, 1.54) is 4.70 Å². The zero-order chi connectivity index (χ0) is 10.3. The van der Waals surface area contributed by atoms with Crippen molar-refractivity contribution in [3.8, 4) is 0 Å². The maximum absolute atomic E-state index is 4.55. The van der Waals surface area contributed by atoms with Gasteiger partial charge >= 0.3 is 0 Å². The molecule has 2 heterocycles. The minimum atomic E-state index is 0.894. The average Bonchev–Trinajstić information content (AvgIpc) is 2.82. The van der Waals surface area contributed by atoms with Gasteiger partial charge in [-0.15, -0.1) is 11.3 Å². The van der Waals surface area contributed by atoms with Gasteiger partial charge < -0.3 is 0 Å². The Bertz CT molecular complexity index is 536. The Morgan fingerprint density at radius 2 is 2.13 bits per heavy atom. The number of para-hydroxylation sites is 1. The Labute approximate surface area is 95.8 Å². The number of benzene rings is 1. The van der Waals surface area contributed by atoms with Crippen LogP contribution in [0.5, 0.6) is 0 Å². The van der Waals surface area contributed by atoms with Gasteiger partial charge in [0.15, 0.2) is 0 Å². The van der Waals surface area contributed by atoms with Crippen LogP contribution in [-0.4, -0.2) is 15.8 Å². The van der Waals surface area contributed by atoms with E-state index in [1.54, 1.807) is 23.1 Å². The molecule has 15 heavy (non-hydrogen) atoms. The number of thiazole rings is 1. The molecule has 0 radical (unpaired) electrons. The zero-order valence-electron chi connectivity index (χ0n) is 7.93. The van der Waals surface area contributed by atoms with Crippen LogP contribution >= 0.6 is 23.1 Å². The molecule has 0 atom stereocenters. The van der Waals surface area contributed by atoms with Crippen molar-refractivity contribution in [1.82, 2.24) is 4.98 Å². The molecule has 1 aromatic heterocycles.